The van der Waals surface area contributed by atoms with Gasteiger partial charge < -0.3 is 10.0 Å². The fourth-order valence-electron chi connectivity index (χ4n) is 2.20. The first kappa shape index (κ1) is 11.9. The summed E-state index contributed by atoms with van der Waals surface area (Å²) in [6.07, 6.45) is 2.95. The van der Waals surface area contributed by atoms with E-state index in [-0.39, 0.29) is 6.42 Å². The molecule has 1 aliphatic heterocycles. The van der Waals surface area contributed by atoms with E-state index in [1.807, 2.05) is 11.5 Å². The van der Waals surface area contributed by atoms with Gasteiger partial charge in [0.05, 0.1) is 6.42 Å². The Labute approximate surface area is 100 Å². The molecule has 0 aromatic carbocycles. The molecule has 6 heteroatoms. The second-order valence-corrected chi connectivity index (χ2v) is 4.25. The number of nitrogens with zero attached hydrogens (tertiary/aromatic N) is 4. The van der Waals surface area contributed by atoms with Crippen molar-refractivity contribution in [3.63, 3.8) is 0 Å². The molecule has 2 heterocycles. The summed E-state index contributed by atoms with van der Waals surface area (Å²) in [5.74, 6) is 0.876. The quantitative estimate of drug-likeness (QED) is 0.825. The monoisotopic (exact) mass is 238 g/mol. The molecule has 0 unspecified atom stereocenters. The fourth-order valence-corrected chi connectivity index (χ4v) is 2.20. The van der Waals surface area contributed by atoms with E-state index in [2.05, 4.69) is 15.1 Å². The predicted molar refractivity (Wildman–Crippen MR) is 63.1 cm³/mol. The molecule has 1 aliphatic rings. The zero-order valence-electron chi connectivity index (χ0n) is 10.1. The molecule has 0 bridgehead atoms. The van der Waals surface area contributed by atoms with Gasteiger partial charge in [0.25, 0.3) is 0 Å². The molecule has 6 nitrogen and oxygen atoms in total. The van der Waals surface area contributed by atoms with Crippen LogP contribution in [0.1, 0.15) is 32.0 Å². The minimum atomic E-state index is -0.793. The fraction of sp³-hybridized carbons (Fsp3) is 0.727. The molecule has 0 atom stereocenters. The lowest BCUT2D eigenvalue weighted by atomic mass is 10.3. The Morgan fingerprint density at radius 1 is 1.35 bits per heavy atom. The minimum absolute atomic E-state index is 0.109. The van der Waals surface area contributed by atoms with Crippen molar-refractivity contribution in [1.82, 2.24) is 14.8 Å². The first-order valence-corrected chi connectivity index (χ1v) is 6.11. The zero-order chi connectivity index (χ0) is 12.3. The van der Waals surface area contributed by atoms with Crippen LogP contribution in [0.4, 0.5) is 5.95 Å². The summed E-state index contributed by atoms with van der Waals surface area (Å²) < 4.78 is 2.02. The van der Waals surface area contributed by atoms with E-state index in [0.29, 0.717) is 6.42 Å². The molecule has 1 saturated heterocycles. The van der Waals surface area contributed by atoms with Crippen molar-refractivity contribution >= 4 is 11.9 Å². The van der Waals surface area contributed by atoms with E-state index in [4.69, 9.17) is 5.11 Å². The van der Waals surface area contributed by atoms with Gasteiger partial charge >= 0.3 is 5.97 Å². The smallest absolute Gasteiger partial charge is 0.303 e. The number of anilines is 1. The van der Waals surface area contributed by atoms with E-state index >= 15 is 0 Å². The third-order valence-electron chi connectivity index (χ3n) is 3.08. The molecule has 0 spiro atoms. The standard InChI is InChI=1S/C11H18N4O2/c1-2-15-9(5-6-10(16)17)12-13-11(15)14-7-3-4-8-14/h2-8H2,1H3,(H,16,17). The van der Waals surface area contributed by atoms with Gasteiger partial charge in [-0.1, -0.05) is 0 Å². The maximum absolute atomic E-state index is 10.6. The lowest BCUT2D eigenvalue weighted by Crippen LogP contribution is -2.22. The van der Waals surface area contributed by atoms with Gasteiger partial charge in [-0.2, -0.15) is 0 Å². The summed E-state index contributed by atoms with van der Waals surface area (Å²) >= 11 is 0. The molecule has 17 heavy (non-hydrogen) atoms. The first-order valence-electron chi connectivity index (χ1n) is 6.11. The highest BCUT2D eigenvalue weighted by molar-refractivity contribution is 5.66. The van der Waals surface area contributed by atoms with Crippen molar-refractivity contribution in [2.75, 3.05) is 18.0 Å². The second kappa shape index (κ2) is 5.16. The van der Waals surface area contributed by atoms with E-state index in [9.17, 15) is 4.79 Å². The van der Waals surface area contributed by atoms with Crippen molar-refractivity contribution in [1.29, 1.82) is 0 Å². The summed E-state index contributed by atoms with van der Waals surface area (Å²) in [4.78, 5) is 12.8. The zero-order valence-corrected chi connectivity index (χ0v) is 10.1. The van der Waals surface area contributed by atoms with E-state index in [1.54, 1.807) is 0 Å². The molecule has 0 saturated carbocycles. The van der Waals surface area contributed by atoms with Crippen LogP contribution >= 0.6 is 0 Å². The van der Waals surface area contributed by atoms with Crippen LogP contribution in [0.3, 0.4) is 0 Å². The topological polar surface area (TPSA) is 71.2 Å². The highest BCUT2D eigenvalue weighted by Crippen LogP contribution is 2.19. The van der Waals surface area contributed by atoms with Crippen molar-refractivity contribution < 1.29 is 9.90 Å². The number of aliphatic carboxylic acids is 1. The van der Waals surface area contributed by atoms with Gasteiger partial charge in [-0.3, -0.25) is 9.36 Å². The summed E-state index contributed by atoms with van der Waals surface area (Å²) in [5.41, 5.74) is 0. The van der Waals surface area contributed by atoms with Gasteiger partial charge in [0.2, 0.25) is 5.95 Å². The molecule has 2 rings (SSSR count). The lowest BCUT2D eigenvalue weighted by molar-refractivity contribution is -0.137. The Balaban J connectivity index is 2.14. The normalized spacial score (nSPS) is 15.5. The van der Waals surface area contributed by atoms with E-state index < -0.39 is 5.97 Å². The summed E-state index contributed by atoms with van der Waals surface area (Å²) in [6.45, 7) is 4.87. The van der Waals surface area contributed by atoms with Crippen LogP contribution in [-0.4, -0.2) is 38.9 Å². The highest BCUT2D eigenvalue weighted by Gasteiger charge is 2.20. The van der Waals surface area contributed by atoms with E-state index in [1.165, 1.54) is 12.8 Å². The molecular formula is C11H18N4O2. The minimum Gasteiger partial charge on any atom is -0.481 e. The van der Waals surface area contributed by atoms with Crippen LogP contribution in [0.15, 0.2) is 0 Å². The number of hydrogen-bond acceptors (Lipinski definition) is 4. The number of aryl methyl sites for hydroxylation is 1. The summed E-state index contributed by atoms with van der Waals surface area (Å²) in [6, 6.07) is 0. The Kier molecular flexibility index (Phi) is 3.61. The van der Waals surface area contributed by atoms with Crippen LogP contribution in [0, 0.1) is 0 Å². The molecule has 1 N–H and O–H groups in total. The highest BCUT2D eigenvalue weighted by atomic mass is 16.4. The third-order valence-corrected chi connectivity index (χ3v) is 3.08. The first-order chi connectivity index (χ1) is 8.22. The van der Waals surface area contributed by atoms with Crippen LogP contribution < -0.4 is 4.90 Å². The van der Waals surface area contributed by atoms with Crippen LogP contribution in [0.5, 0.6) is 0 Å². The van der Waals surface area contributed by atoms with Gasteiger partial charge in [0.1, 0.15) is 5.82 Å². The number of hydrogen-bond donors (Lipinski definition) is 1. The molecular weight excluding hydrogens is 220 g/mol. The Morgan fingerprint density at radius 2 is 2.06 bits per heavy atom. The van der Waals surface area contributed by atoms with Gasteiger partial charge in [-0.25, -0.2) is 0 Å². The molecule has 94 valence electrons. The molecule has 1 aromatic heterocycles. The van der Waals surface area contributed by atoms with Crippen LogP contribution in [0.2, 0.25) is 0 Å². The SMILES string of the molecule is CCn1c(CCC(=O)O)nnc1N1CCCC1. The van der Waals surface area contributed by atoms with Gasteiger partial charge in [-0.15, -0.1) is 10.2 Å². The van der Waals surface area contributed by atoms with Crippen molar-refractivity contribution in [3.05, 3.63) is 5.82 Å². The van der Waals surface area contributed by atoms with Crippen molar-refractivity contribution in [3.8, 4) is 0 Å². The average molecular weight is 238 g/mol. The molecule has 1 fully saturated rings. The Bertz CT molecular complexity index is 396. The third kappa shape index (κ3) is 2.57. The van der Waals surface area contributed by atoms with Crippen LogP contribution in [-0.2, 0) is 17.8 Å². The summed E-state index contributed by atoms with van der Waals surface area (Å²) in [5, 5.41) is 17.0. The van der Waals surface area contributed by atoms with Gasteiger partial charge in [-0.05, 0) is 19.8 Å². The molecule has 0 radical (unpaired) electrons. The van der Waals surface area contributed by atoms with Crippen LogP contribution in [0.25, 0.3) is 0 Å². The molecule has 0 aliphatic carbocycles. The molecule has 1 aromatic rings. The Morgan fingerprint density at radius 3 is 2.65 bits per heavy atom. The maximum Gasteiger partial charge on any atom is 0.303 e. The van der Waals surface area contributed by atoms with Crippen molar-refractivity contribution in [2.24, 2.45) is 0 Å². The van der Waals surface area contributed by atoms with Gasteiger partial charge in [0, 0.05) is 26.1 Å². The predicted octanol–water partition coefficient (Wildman–Crippen LogP) is 0.915. The van der Waals surface area contributed by atoms with Gasteiger partial charge in [0.15, 0.2) is 0 Å². The number of carboxylic acids is 1. The number of carbonyl (C=O) groups is 1. The maximum atomic E-state index is 10.6. The van der Waals surface area contributed by atoms with E-state index in [0.717, 1.165) is 31.4 Å². The lowest BCUT2D eigenvalue weighted by Gasteiger charge is -2.17. The summed E-state index contributed by atoms with van der Waals surface area (Å²) in [7, 11) is 0. The van der Waals surface area contributed by atoms with Crippen molar-refractivity contribution in [2.45, 2.75) is 39.2 Å². The molecule has 0 amide bonds. The largest absolute Gasteiger partial charge is 0.481 e. The number of aromatic nitrogens is 3. The Hall–Kier alpha value is -1.59. The number of rotatable bonds is 5. The second-order valence-electron chi connectivity index (χ2n) is 4.25. The number of carboxylic acid groups (broad SMARTS) is 1. The average Bonchev–Trinajstić information content (AvgIpc) is 2.94.